The summed E-state index contributed by atoms with van der Waals surface area (Å²) in [7, 11) is 0. The molecule has 2 aromatic rings. The van der Waals surface area contributed by atoms with Crippen molar-refractivity contribution in [1.82, 2.24) is 4.90 Å². The van der Waals surface area contributed by atoms with E-state index in [4.69, 9.17) is 4.74 Å². The predicted octanol–water partition coefficient (Wildman–Crippen LogP) is 4.06. The second-order valence-corrected chi connectivity index (χ2v) is 5.28. The molecule has 3 nitrogen and oxygen atoms in total. The lowest BCUT2D eigenvalue weighted by Gasteiger charge is -2.20. The fraction of sp³-hybridized carbons (Fsp3) is 0.316. The Bertz CT molecular complexity index is 619. The Labute approximate surface area is 132 Å². The molecule has 3 heteroatoms. The molecule has 0 N–H and O–H groups in total. The minimum absolute atomic E-state index is 0.310. The van der Waals surface area contributed by atoms with E-state index in [0.29, 0.717) is 11.3 Å². The number of esters is 1. The molecular formula is C19H23NO2. The van der Waals surface area contributed by atoms with Gasteiger partial charge in [0.15, 0.2) is 0 Å². The van der Waals surface area contributed by atoms with Crippen LogP contribution in [0.1, 0.15) is 35.3 Å². The van der Waals surface area contributed by atoms with Crippen LogP contribution in [0.5, 0.6) is 5.75 Å². The molecule has 0 radical (unpaired) electrons. The number of para-hydroxylation sites is 1. The molecule has 0 atom stereocenters. The van der Waals surface area contributed by atoms with Gasteiger partial charge in [0.25, 0.3) is 0 Å². The van der Waals surface area contributed by atoms with Gasteiger partial charge in [0.1, 0.15) is 5.75 Å². The molecule has 116 valence electrons. The minimum Gasteiger partial charge on any atom is -0.422 e. The number of carbonyl (C=O) groups excluding carboxylic acids is 1. The van der Waals surface area contributed by atoms with Crippen molar-refractivity contribution in [3.63, 3.8) is 0 Å². The van der Waals surface area contributed by atoms with Crippen LogP contribution in [0.15, 0.2) is 48.5 Å². The van der Waals surface area contributed by atoms with E-state index in [0.717, 1.165) is 30.8 Å². The van der Waals surface area contributed by atoms with Crippen LogP contribution in [0.2, 0.25) is 0 Å². The van der Waals surface area contributed by atoms with Gasteiger partial charge in [-0.25, -0.2) is 4.79 Å². The Balaban J connectivity index is 2.24. The number of ether oxygens (including phenoxy) is 1. The summed E-state index contributed by atoms with van der Waals surface area (Å²) < 4.78 is 5.69. The first-order valence-electron chi connectivity index (χ1n) is 7.73. The van der Waals surface area contributed by atoms with Crippen molar-refractivity contribution in [2.75, 3.05) is 13.1 Å². The van der Waals surface area contributed by atoms with Crippen LogP contribution in [0.4, 0.5) is 0 Å². The summed E-state index contributed by atoms with van der Waals surface area (Å²) in [5.41, 5.74) is 2.60. The Morgan fingerprint density at radius 3 is 2.32 bits per heavy atom. The van der Waals surface area contributed by atoms with E-state index in [1.165, 1.54) is 0 Å². The maximum Gasteiger partial charge on any atom is 0.343 e. The van der Waals surface area contributed by atoms with Crippen molar-refractivity contribution < 1.29 is 9.53 Å². The number of nitrogens with zero attached hydrogens (tertiary/aromatic N) is 1. The third-order valence-corrected chi connectivity index (χ3v) is 3.79. The monoisotopic (exact) mass is 297 g/mol. The van der Waals surface area contributed by atoms with Crippen molar-refractivity contribution in [3.8, 4) is 5.75 Å². The van der Waals surface area contributed by atoms with Gasteiger partial charge < -0.3 is 4.74 Å². The van der Waals surface area contributed by atoms with E-state index in [9.17, 15) is 4.79 Å². The average Bonchev–Trinajstić information content (AvgIpc) is 2.56. The zero-order valence-electron chi connectivity index (χ0n) is 13.5. The van der Waals surface area contributed by atoms with E-state index in [1.54, 1.807) is 12.1 Å². The fourth-order valence-corrected chi connectivity index (χ4v) is 2.40. The normalized spacial score (nSPS) is 10.7. The smallest absolute Gasteiger partial charge is 0.343 e. The first-order valence-corrected chi connectivity index (χ1v) is 7.73. The zero-order valence-corrected chi connectivity index (χ0v) is 13.5. The molecule has 0 saturated heterocycles. The quantitative estimate of drug-likeness (QED) is 0.595. The van der Waals surface area contributed by atoms with E-state index < -0.39 is 0 Å². The third kappa shape index (κ3) is 3.95. The molecule has 0 bridgehead atoms. The first kappa shape index (κ1) is 16.2. The molecule has 0 heterocycles. The first-order chi connectivity index (χ1) is 10.7. The molecule has 0 saturated carbocycles. The summed E-state index contributed by atoms with van der Waals surface area (Å²) >= 11 is 0. The van der Waals surface area contributed by atoms with Gasteiger partial charge >= 0.3 is 5.97 Å². The molecule has 0 unspecified atom stereocenters. The largest absolute Gasteiger partial charge is 0.422 e. The van der Waals surface area contributed by atoms with Crippen LogP contribution in [-0.2, 0) is 6.54 Å². The Morgan fingerprint density at radius 2 is 1.68 bits per heavy atom. The number of rotatable bonds is 6. The summed E-state index contributed by atoms with van der Waals surface area (Å²) in [5, 5.41) is 0. The van der Waals surface area contributed by atoms with Gasteiger partial charge in [-0.1, -0.05) is 50.2 Å². The van der Waals surface area contributed by atoms with Gasteiger partial charge in [-0.15, -0.1) is 0 Å². The minimum atomic E-state index is -0.310. The van der Waals surface area contributed by atoms with Crippen LogP contribution in [0.25, 0.3) is 0 Å². The second-order valence-electron chi connectivity index (χ2n) is 5.28. The number of carbonyl (C=O) groups is 1. The number of benzene rings is 2. The van der Waals surface area contributed by atoms with Gasteiger partial charge in [-0.3, -0.25) is 4.90 Å². The van der Waals surface area contributed by atoms with Crippen LogP contribution in [0.3, 0.4) is 0 Å². The lowest BCUT2D eigenvalue weighted by molar-refractivity contribution is 0.0730. The van der Waals surface area contributed by atoms with E-state index in [1.807, 2.05) is 43.3 Å². The molecular weight excluding hydrogens is 274 g/mol. The third-order valence-electron chi connectivity index (χ3n) is 3.79. The Kier molecular flexibility index (Phi) is 5.73. The van der Waals surface area contributed by atoms with Crippen LogP contribution in [-0.4, -0.2) is 24.0 Å². The second kappa shape index (κ2) is 7.76. The van der Waals surface area contributed by atoms with Gasteiger partial charge in [-0.2, -0.15) is 0 Å². The lowest BCUT2D eigenvalue weighted by Crippen LogP contribution is -2.23. The number of hydrogen-bond donors (Lipinski definition) is 0. The molecule has 0 aliphatic heterocycles. The van der Waals surface area contributed by atoms with Crippen molar-refractivity contribution in [2.45, 2.75) is 27.3 Å². The zero-order chi connectivity index (χ0) is 15.9. The summed E-state index contributed by atoms with van der Waals surface area (Å²) in [6, 6.07) is 15.1. The Morgan fingerprint density at radius 1 is 1.00 bits per heavy atom. The molecule has 2 aromatic carbocycles. The van der Waals surface area contributed by atoms with Gasteiger partial charge in [0.05, 0.1) is 5.56 Å². The van der Waals surface area contributed by atoms with E-state index in [2.05, 4.69) is 18.7 Å². The van der Waals surface area contributed by atoms with Crippen molar-refractivity contribution in [2.24, 2.45) is 0 Å². The van der Waals surface area contributed by atoms with Crippen molar-refractivity contribution in [3.05, 3.63) is 65.2 Å². The average molecular weight is 297 g/mol. The molecule has 0 spiro atoms. The SMILES string of the molecule is CCN(CC)Cc1cccc(C)c1OC(=O)c1ccccc1. The molecule has 0 aliphatic rings. The predicted molar refractivity (Wildman–Crippen MR) is 89.2 cm³/mol. The van der Waals surface area contributed by atoms with Crippen molar-refractivity contribution >= 4 is 5.97 Å². The molecule has 0 aromatic heterocycles. The van der Waals surface area contributed by atoms with Crippen molar-refractivity contribution in [1.29, 1.82) is 0 Å². The van der Waals surface area contributed by atoms with Gasteiger partial charge in [0, 0.05) is 12.1 Å². The van der Waals surface area contributed by atoms with Crippen LogP contribution < -0.4 is 4.74 Å². The maximum absolute atomic E-state index is 12.3. The molecule has 22 heavy (non-hydrogen) atoms. The highest BCUT2D eigenvalue weighted by Crippen LogP contribution is 2.25. The highest BCUT2D eigenvalue weighted by atomic mass is 16.5. The van der Waals surface area contributed by atoms with Gasteiger partial charge in [0.2, 0.25) is 0 Å². The van der Waals surface area contributed by atoms with E-state index >= 15 is 0 Å². The summed E-state index contributed by atoms with van der Waals surface area (Å²) in [6.07, 6.45) is 0. The molecule has 2 rings (SSSR count). The van der Waals surface area contributed by atoms with Crippen LogP contribution >= 0.6 is 0 Å². The number of hydrogen-bond acceptors (Lipinski definition) is 3. The number of aryl methyl sites for hydroxylation is 1. The summed E-state index contributed by atoms with van der Waals surface area (Å²) in [5.74, 6) is 0.374. The summed E-state index contributed by atoms with van der Waals surface area (Å²) in [6.45, 7) is 8.96. The molecule has 0 aliphatic carbocycles. The summed E-state index contributed by atoms with van der Waals surface area (Å²) in [4.78, 5) is 14.6. The van der Waals surface area contributed by atoms with Gasteiger partial charge in [-0.05, 0) is 37.7 Å². The highest BCUT2D eigenvalue weighted by molar-refractivity contribution is 5.91. The molecule has 0 fully saturated rings. The standard InChI is InChI=1S/C19H23NO2/c1-4-20(5-2)14-17-13-9-10-15(3)18(17)22-19(21)16-11-7-6-8-12-16/h6-13H,4-5,14H2,1-3H3. The highest BCUT2D eigenvalue weighted by Gasteiger charge is 2.15. The lowest BCUT2D eigenvalue weighted by atomic mass is 10.1. The maximum atomic E-state index is 12.3. The Hall–Kier alpha value is -2.13. The topological polar surface area (TPSA) is 29.5 Å². The van der Waals surface area contributed by atoms with E-state index in [-0.39, 0.29) is 5.97 Å². The van der Waals surface area contributed by atoms with Crippen LogP contribution in [0, 0.1) is 6.92 Å². The molecule has 0 amide bonds. The fourth-order valence-electron chi connectivity index (χ4n) is 2.40.